The Morgan fingerprint density at radius 2 is 2.20 bits per heavy atom. The Kier molecular flexibility index (Phi) is 3.63. The fraction of sp³-hybridized carbons (Fsp3) is 0.889. The minimum atomic E-state index is 0.329. The van der Waals surface area contributed by atoms with E-state index in [2.05, 4.69) is 37.8 Å². The topological polar surface area (TPSA) is 69.7 Å². The smallest absolute Gasteiger partial charge is 0.191 e. The maximum Gasteiger partial charge on any atom is 0.191 e. The molecule has 84 valence electrons. The molecule has 1 aliphatic heterocycles. The maximum absolute atomic E-state index is 4.10. The summed E-state index contributed by atoms with van der Waals surface area (Å²) in [7, 11) is 0. The summed E-state index contributed by atoms with van der Waals surface area (Å²) in [4.78, 5) is 2.44. The van der Waals surface area contributed by atoms with Crippen molar-refractivity contribution in [1.82, 2.24) is 30.8 Å². The fourth-order valence-corrected chi connectivity index (χ4v) is 2.05. The summed E-state index contributed by atoms with van der Waals surface area (Å²) >= 11 is 0. The van der Waals surface area contributed by atoms with Crippen molar-refractivity contribution in [3.05, 3.63) is 5.82 Å². The third kappa shape index (κ3) is 2.51. The van der Waals surface area contributed by atoms with Crippen LogP contribution in [0.4, 0.5) is 0 Å². The summed E-state index contributed by atoms with van der Waals surface area (Å²) in [6.07, 6.45) is 2.24. The standard InChI is InChI=1S/C9H18N6/c1-2-3-8(9-11-13-14-12-9)15-6-4-10-5-7-15/h8,10H,2-7H2,1H3,(H,11,12,13,14). The zero-order chi connectivity index (χ0) is 10.5. The Morgan fingerprint density at radius 3 is 2.80 bits per heavy atom. The largest absolute Gasteiger partial charge is 0.314 e. The van der Waals surface area contributed by atoms with Crippen molar-refractivity contribution in [2.45, 2.75) is 25.8 Å². The molecule has 2 heterocycles. The third-order valence-electron chi connectivity index (χ3n) is 2.81. The molecule has 1 fully saturated rings. The van der Waals surface area contributed by atoms with E-state index < -0.39 is 0 Å². The van der Waals surface area contributed by atoms with Crippen molar-refractivity contribution >= 4 is 0 Å². The highest BCUT2D eigenvalue weighted by Crippen LogP contribution is 2.21. The van der Waals surface area contributed by atoms with Crippen molar-refractivity contribution in [2.75, 3.05) is 26.2 Å². The molecule has 0 bridgehead atoms. The van der Waals surface area contributed by atoms with Crippen LogP contribution in [0.1, 0.15) is 31.6 Å². The highest BCUT2D eigenvalue weighted by atomic mass is 15.5. The Hall–Kier alpha value is -1.01. The molecule has 0 saturated carbocycles. The van der Waals surface area contributed by atoms with E-state index in [1.165, 1.54) is 0 Å². The van der Waals surface area contributed by atoms with Gasteiger partial charge in [-0.05, 0) is 6.42 Å². The second kappa shape index (κ2) is 5.18. The van der Waals surface area contributed by atoms with Gasteiger partial charge in [-0.3, -0.25) is 4.90 Å². The molecule has 1 aromatic rings. The van der Waals surface area contributed by atoms with Gasteiger partial charge in [-0.25, -0.2) is 0 Å². The molecule has 0 amide bonds. The monoisotopic (exact) mass is 210 g/mol. The van der Waals surface area contributed by atoms with Crippen LogP contribution in [-0.4, -0.2) is 51.7 Å². The van der Waals surface area contributed by atoms with Crippen LogP contribution in [0.2, 0.25) is 0 Å². The van der Waals surface area contributed by atoms with Crippen LogP contribution in [0.25, 0.3) is 0 Å². The molecule has 1 aliphatic rings. The molecule has 0 spiro atoms. The van der Waals surface area contributed by atoms with E-state index in [9.17, 15) is 0 Å². The first-order valence-electron chi connectivity index (χ1n) is 5.60. The molecule has 1 unspecified atom stereocenters. The van der Waals surface area contributed by atoms with Crippen molar-refractivity contribution in [3.8, 4) is 0 Å². The number of piperazine rings is 1. The van der Waals surface area contributed by atoms with Crippen molar-refractivity contribution in [3.63, 3.8) is 0 Å². The predicted octanol–water partition coefficient (Wildman–Crippen LogP) is -0.0539. The number of aromatic nitrogens is 4. The van der Waals surface area contributed by atoms with Crippen LogP contribution in [0, 0.1) is 0 Å². The quantitative estimate of drug-likeness (QED) is 0.729. The van der Waals surface area contributed by atoms with E-state index in [1.54, 1.807) is 0 Å². The van der Waals surface area contributed by atoms with Gasteiger partial charge < -0.3 is 5.32 Å². The van der Waals surface area contributed by atoms with E-state index in [4.69, 9.17) is 0 Å². The van der Waals surface area contributed by atoms with Gasteiger partial charge in [0, 0.05) is 26.2 Å². The van der Waals surface area contributed by atoms with Crippen LogP contribution in [0.15, 0.2) is 0 Å². The first-order chi connectivity index (χ1) is 7.42. The molecule has 1 saturated heterocycles. The van der Waals surface area contributed by atoms with E-state index in [1.807, 2.05) is 0 Å². The van der Waals surface area contributed by atoms with Crippen molar-refractivity contribution < 1.29 is 0 Å². The first-order valence-corrected chi connectivity index (χ1v) is 5.60. The summed E-state index contributed by atoms with van der Waals surface area (Å²) in [6.45, 7) is 6.43. The molecule has 6 nitrogen and oxygen atoms in total. The van der Waals surface area contributed by atoms with Crippen molar-refractivity contribution in [2.24, 2.45) is 0 Å². The fourth-order valence-electron chi connectivity index (χ4n) is 2.05. The van der Waals surface area contributed by atoms with Crippen LogP contribution < -0.4 is 5.32 Å². The van der Waals surface area contributed by atoms with Crippen LogP contribution in [0.3, 0.4) is 0 Å². The molecule has 6 heteroatoms. The number of hydrogen-bond donors (Lipinski definition) is 2. The van der Waals surface area contributed by atoms with E-state index >= 15 is 0 Å². The van der Waals surface area contributed by atoms with E-state index in [-0.39, 0.29) is 0 Å². The number of nitrogens with one attached hydrogen (secondary N) is 2. The van der Waals surface area contributed by atoms with Crippen LogP contribution in [-0.2, 0) is 0 Å². The first kappa shape index (κ1) is 10.5. The second-order valence-electron chi connectivity index (χ2n) is 3.86. The highest BCUT2D eigenvalue weighted by Gasteiger charge is 2.24. The number of nitrogens with zero attached hydrogens (tertiary/aromatic N) is 4. The molecule has 2 N–H and O–H groups in total. The van der Waals surface area contributed by atoms with Gasteiger partial charge in [0.2, 0.25) is 0 Å². The summed E-state index contributed by atoms with van der Waals surface area (Å²) < 4.78 is 0. The minimum Gasteiger partial charge on any atom is -0.314 e. The van der Waals surface area contributed by atoms with Gasteiger partial charge in [-0.2, -0.15) is 5.21 Å². The third-order valence-corrected chi connectivity index (χ3v) is 2.81. The predicted molar refractivity (Wildman–Crippen MR) is 56.3 cm³/mol. The average molecular weight is 210 g/mol. The van der Waals surface area contributed by atoms with Gasteiger partial charge in [0.05, 0.1) is 6.04 Å². The molecule has 15 heavy (non-hydrogen) atoms. The maximum atomic E-state index is 4.10. The Bertz CT molecular complexity index is 266. The van der Waals surface area contributed by atoms with Gasteiger partial charge >= 0.3 is 0 Å². The average Bonchev–Trinajstić information content (AvgIpc) is 2.80. The molecule has 0 aromatic carbocycles. The second-order valence-corrected chi connectivity index (χ2v) is 3.86. The van der Waals surface area contributed by atoms with Gasteiger partial charge in [-0.15, -0.1) is 10.2 Å². The van der Waals surface area contributed by atoms with Crippen LogP contribution >= 0.6 is 0 Å². The minimum absolute atomic E-state index is 0.329. The molecular formula is C9H18N6. The number of aromatic amines is 1. The number of hydrogen-bond acceptors (Lipinski definition) is 5. The summed E-state index contributed by atoms with van der Waals surface area (Å²) in [5.41, 5.74) is 0. The lowest BCUT2D eigenvalue weighted by molar-refractivity contribution is 0.158. The van der Waals surface area contributed by atoms with E-state index in [0.717, 1.165) is 44.8 Å². The molecule has 2 rings (SSSR count). The number of tetrazole rings is 1. The number of H-pyrrole nitrogens is 1. The highest BCUT2D eigenvalue weighted by molar-refractivity contribution is 4.91. The summed E-state index contributed by atoms with van der Waals surface area (Å²) in [6, 6.07) is 0.329. The van der Waals surface area contributed by atoms with Crippen molar-refractivity contribution in [1.29, 1.82) is 0 Å². The molecule has 1 aromatic heterocycles. The SMILES string of the molecule is CCCC(c1nn[nH]n1)N1CCNCC1. The number of rotatable bonds is 4. The van der Waals surface area contributed by atoms with E-state index in [0.29, 0.717) is 6.04 Å². The Balaban J connectivity index is 2.04. The lowest BCUT2D eigenvalue weighted by Crippen LogP contribution is -2.45. The Labute approximate surface area is 89.4 Å². The normalized spacial score (nSPS) is 20.3. The van der Waals surface area contributed by atoms with Crippen LogP contribution in [0.5, 0.6) is 0 Å². The lowest BCUT2D eigenvalue weighted by Gasteiger charge is -2.32. The molecule has 1 atom stereocenters. The Morgan fingerprint density at radius 1 is 1.40 bits per heavy atom. The zero-order valence-electron chi connectivity index (χ0n) is 9.11. The molecule has 0 aliphatic carbocycles. The summed E-state index contributed by atoms with van der Waals surface area (Å²) in [5, 5.41) is 17.7. The van der Waals surface area contributed by atoms with Gasteiger partial charge in [0.15, 0.2) is 5.82 Å². The lowest BCUT2D eigenvalue weighted by atomic mass is 10.1. The zero-order valence-corrected chi connectivity index (χ0v) is 9.11. The van der Waals surface area contributed by atoms with Gasteiger partial charge in [0.25, 0.3) is 0 Å². The van der Waals surface area contributed by atoms with Gasteiger partial charge in [-0.1, -0.05) is 18.6 Å². The molecular weight excluding hydrogens is 192 g/mol. The molecule has 0 radical (unpaired) electrons. The summed E-state index contributed by atoms with van der Waals surface area (Å²) in [5.74, 6) is 0.832. The van der Waals surface area contributed by atoms with Gasteiger partial charge in [0.1, 0.15) is 0 Å².